The molecule has 0 radical (unpaired) electrons. The Morgan fingerprint density at radius 3 is 2.26 bits per heavy atom. The maximum absolute atomic E-state index is 13.5. The van der Waals surface area contributed by atoms with E-state index < -0.39 is 16.1 Å². The number of amides is 2. The highest BCUT2D eigenvalue weighted by Gasteiger charge is 2.29. The van der Waals surface area contributed by atoms with Gasteiger partial charge in [-0.3, -0.25) is 13.9 Å². The topological polar surface area (TPSA) is 96.0 Å². The van der Waals surface area contributed by atoms with Crippen molar-refractivity contribution in [1.82, 2.24) is 10.2 Å². The highest BCUT2D eigenvalue weighted by atomic mass is 35.5. The Balaban J connectivity index is 1.74. The van der Waals surface area contributed by atoms with E-state index in [1.807, 2.05) is 6.92 Å². The maximum atomic E-state index is 13.5. The standard InChI is InChI=1S/C28H37Cl2N3O5S/c1-4-38-23-16-14-22(15-17-23)33(39(3,36)37)18-8-13-27(34)32(19-24-25(29)11-7-12-26(24)30)20(2)28(35)31-21-9-5-6-10-21/h7,11-12,14-17,20-21H,4-6,8-10,13,18-19H2,1-3H3,(H,31,35)/t20-/m1/s1. The van der Waals surface area contributed by atoms with E-state index in [0.717, 1.165) is 31.9 Å². The molecule has 2 amide bonds. The summed E-state index contributed by atoms with van der Waals surface area (Å²) in [6.45, 7) is 4.23. The van der Waals surface area contributed by atoms with Crippen LogP contribution in [0.1, 0.15) is 57.9 Å². The second-order valence-corrected chi connectivity index (χ2v) is 12.5. The highest BCUT2D eigenvalue weighted by molar-refractivity contribution is 7.92. The van der Waals surface area contributed by atoms with Crippen molar-refractivity contribution in [1.29, 1.82) is 0 Å². The average Bonchev–Trinajstić information content (AvgIpc) is 3.39. The van der Waals surface area contributed by atoms with Gasteiger partial charge in [0.15, 0.2) is 0 Å². The molecule has 1 aliphatic carbocycles. The van der Waals surface area contributed by atoms with Crippen LogP contribution in [-0.4, -0.2) is 56.6 Å². The normalized spacial score (nSPS) is 14.6. The molecule has 1 atom stereocenters. The molecular weight excluding hydrogens is 561 g/mol. The third-order valence-corrected chi connectivity index (χ3v) is 8.75. The molecular formula is C28H37Cl2N3O5S. The van der Waals surface area contributed by atoms with Crippen LogP contribution in [0, 0.1) is 0 Å². The van der Waals surface area contributed by atoms with Crippen molar-refractivity contribution < 1.29 is 22.7 Å². The lowest BCUT2D eigenvalue weighted by molar-refractivity contribution is -0.140. The molecule has 8 nitrogen and oxygen atoms in total. The van der Waals surface area contributed by atoms with Crippen LogP contribution < -0.4 is 14.4 Å². The van der Waals surface area contributed by atoms with E-state index in [1.165, 1.54) is 9.21 Å². The summed E-state index contributed by atoms with van der Waals surface area (Å²) in [7, 11) is -3.60. The molecule has 39 heavy (non-hydrogen) atoms. The van der Waals surface area contributed by atoms with Crippen molar-refractivity contribution in [3.8, 4) is 5.75 Å². The molecule has 0 aromatic heterocycles. The van der Waals surface area contributed by atoms with Crippen molar-refractivity contribution in [3.05, 3.63) is 58.1 Å². The fourth-order valence-corrected chi connectivity index (χ4v) is 6.19. The lowest BCUT2D eigenvalue weighted by atomic mass is 10.1. The van der Waals surface area contributed by atoms with Gasteiger partial charge in [-0.15, -0.1) is 0 Å². The van der Waals surface area contributed by atoms with E-state index in [1.54, 1.807) is 49.4 Å². The Morgan fingerprint density at radius 2 is 1.69 bits per heavy atom. The minimum atomic E-state index is -3.60. The predicted molar refractivity (Wildman–Crippen MR) is 156 cm³/mol. The number of rotatable bonds is 13. The van der Waals surface area contributed by atoms with Gasteiger partial charge in [0.25, 0.3) is 0 Å². The van der Waals surface area contributed by atoms with Gasteiger partial charge in [-0.2, -0.15) is 0 Å². The molecule has 3 rings (SSSR count). The van der Waals surface area contributed by atoms with E-state index in [2.05, 4.69) is 5.32 Å². The number of ether oxygens (including phenoxy) is 1. The molecule has 0 spiro atoms. The third-order valence-electron chi connectivity index (χ3n) is 6.85. The highest BCUT2D eigenvalue weighted by Crippen LogP contribution is 2.28. The first-order valence-electron chi connectivity index (χ1n) is 13.2. The van der Waals surface area contributed by atoms with E-state index in [9.17, 15) is 18.0 Å². The van der Waals surface area contributed by atoms with E-state index in [-0.39, 0.29) is 43.8 Å². The predicted octanol–water partition coefficient (Wildman–Crippen LogP) is 5.41. The summed E-state index contributed by atoms with van der Waals surface area (Å²) >= 11 is 12.8. The second kappa shape index (κ2) is 14.2. The number of benzene rings is 2. The van der Waals surface area contributed by atoms with Gasteiger partial charge >= 0.3 is 0 Å². The zero-order valence-corrected chi connectivity index (χ0v) is 25.0. The molecule has 2 aromatic carbocycles. The molecule has 0 unspecified atom stereocenters. The summed E-state index contributed by atoms with van der Waals surface area (Å²) in [6.07, 6.45) is 5.41. The first-order valence-corrected chi connectivity index (χ1v) is 15.8. The third kappa shape index (κ3) is 8.75. The summed E-state index contributed by atoms with van der Waals surface area (Å²) in [5.74, 6) is 0.120. The average molecular weight is 599 g/mol. The molecule has 11 heteroatoms. The van der Waals surface area contributed by atoms with E-state index in [0.29, 0.717) is 33.7 Å². The van der Waals surface area contributed by atoms with Crippen molar-refractivity contribution in [2.45, 2.75) is 71.0 Å². The van der Waals surface area contributed by atoms with E-state index in [4.69, 9.17) is 27.9 Å². The van der Waals surface area contributed by atoms with Crippen molar-refractivity contribution in [3.63, 3.8) is 0 Å². The zero-order chi connectivity index (χ0) is 28.6. The Morgan fingerprint density at radius 1 is 1.08 bits per heavy atom. The number of anilines is 1. The second-order valence-electron chi connectivity index (χ2n) is 9.75. The minimum absolute atomic E-state index is 0.0339. The minimum Gasteiger partial charge on any atom is -0.494 e. The van der Waals surface area contributed by atoms with Crippen LogP contribution in [-0.2, 0) is 26.2 Å². The van der Waals surface area contributed by atoms with Crippen molar-refractivity contribution in [2.75, 3.05) is 23.7 Å². The largest absolute Gasteiger partial charge is 0.494 e. The molecule has 0 saturated heterocycles. The quantitative estimate of drug-likeness (QED) is 0.333. The van der Waals surface area contributed by atoms with E-state index >= 15 is 0 Å². The number of carbonyl (C=O) groups is 2. The van der Waals surface area contributed by atoms with Gasteiger partial charge in [-0.1, -0.05) is 42.1 Å². The molecule has 1 fully saturated rings. The Hall–Kier alpha value is -2.49. The van der Waals surface area contributed by atoms with Gasteiger partial charge < -0.3 is 15.0 Å². The fraction of sp³-hybridized carbons (Fsp3) is 0.500. The van der Waals surface area contributed by atoms with Crippen LogP contribution in [0.2, 0.25) is 10.0 Å². The summed E-state index contributed by atoms with van der Waals surface area (Å²) in [6, 6.07) is 11.2. The van der Waals surface area contributed by atoms with Crippen LogP contribution in [0.5, 0.6) is 5.75 Å². The first kappa shape index (κ1) is 31.0. The number of hydrogen-bond acceptors (Lipinski definition) is 5. The van der Waals surface area contributed by atoms with Crippen LogP contribution in [0.15, 0.2) is 42.5 Å². The molecule has 0 heterocycles. The smallest absolute Gasteiger partial charge is 0.242 e. The Kier molecular flexibility index (Phi) is 11.3. The number of nitrogens with zero attached hydrogens (tertiary/aromatic N) is 2. The Labute approximate surface area is 241 Å². The van der Waals surface area contributed by atoms with Crippen LogP contribution in [0.25, 0.3) is 0 Å². The molecule has 0 bridgehead atoms. The van der Waals surface area contributed by atoms with Crippen LogP contribution >= 0.6 is 23.2 Å². The van der Waals surface area contributed by atoms with Crippen molar-refractivity contribution >= 4 is 50.7 Å². The Bertz CT molecular complexity index is 1210. The lowest BCUT2D eigenvalue weighted by Crippen LogP contribution is -2.49. The number of halogens is 2. The SMILES string of the molecule is CCOc1ccc(N(CCCC(=O)N(Cc2c(Cl)cccc2Cl)[C@H](C)C(=O)NC2CCCC2)S(C)(=O)=O)cc1. The molecule has 2 aromatic rings. The summed E-state index contributed by atoms with van der Waals surface area (Å²) < 4.78 is 31.8. The van der Waals surface area contributed by atoms with Crippen LogP contribution in [0.3, 0.4) is 0 Å². The molecule has 1 saturated carbocycles. The maximum Gasteiger partial charge on any atom is 0.242 e. The molecule has 1 aliphatic rings. The zero-order valence-electron chi connectivity index (χ0n) is 22.7. The fourth-order valence-electron chi connectivity index (χ4n) is 4.71. The van der Waals surface area contributed by atoms with Gasteiger partial charge in [-0.05, 0) is 69.5 Å². The van der Waals surface area contributed by atoms with Gasteiger partial charge in [0.05, 0.1) is 18.6 Å². The number of sulfonamides is 1. The van der Waals surface area contributed by atoms with Gasteiger partial charge in [0.2, 0.25) is 21.8 Å². The number of carbonyl (C=O) groups excluding carboxylic acids is 2. The number of nitrogens with one attached hydrogen (secondary N) is 1. The first-order chi connectivity index (χ1) is 18.5. The molecule has 1 N–H and O–H groups in total. The van der Waals surface area contributed by atoms with Crippen molar-refractivity contribution in [2.24, 2.45) is 0 Å². The summed E-state index contributed by atoms with van der Waals surface area (Å²) in [5.41, 5.74) is 1.04. The van der Waals surface area contributed by atoms with Gasteiger partial charge in [0.1, 0.15) is 11.8 Å². The summed E-state index contributed by atoms with van der Waals surface area (Å²) in [5, 5.41) is 3.87. The monoisotopic (exact) mass is 597 g/mol. The molecule has 0 aliphatic heterocycles. The molecule has 214 valence electrons. The lowest BCUT2D eigenvalue weighted by Gasteiger charge is -2.30. The summed E-state index contributed by atoms with van der Waals surface area (Å²) in [4.78, 5) is 28.1. The van der Waals surface area contributed by atoms with Crippen LogP contribution in [0.4, 0.5) is 5.69 Å². The van der Waals surface area contributed by atoms with Gasteiger partial charge in [-0.25, -0.2) is 8.42 Å². The van der Waals surface area contributed by atoms with Gasteiger partial charge in [0, 0.05) is 41.2 Å². The number of hydrogen-bond donors (Lipinski definition) is 1.